The van der Waals surface area contributed by atoms with Crippen molar-refractivity contribution >= 4 is 21.6 Å². The molecule has 0 fully saturated rings. The Labute approximate surface area is 102 Å². The lowest BCUT2D eigenvalue weighted by molar-refractivity contribution is 1.30. The molecule has 0 atom stereocenters. The predicted octanol–water partition coefficient (Wildman–Crippen LogP) is 2.96. The Morgan fingerprint density at radius 1 is 1.25 bits per heavy atom. The van der Waals surface area contributed by atoms with Crippen molar-refractivity contribution in [1.29, 1.82) is 5.26 Å². The molecule has 2 rings (SSSR count). The van der Waals surface area contributed by atoms with Crippen LogP contribution in [0.1, 0.15) is 5.56 Å². The van der Waals surface area contributed by atoms with Gasteiger partial charge < -0.3 is 5.73 Å². The van der Waals surface area contributed by atoms with Crippen LogP contribution in [-0.4, -0.2) is 4.98 Å². The molecule has 0 unspecified atom stereocenters. The number of nitrogens with zero attached hydrogens (tertiary/aromatic N) is 2. The van der Waals surface area contributed by atoms with E-state index in [1.807, 2.05) is 18.2 Å². The van der Waals surface area contributed by atoms with Gasteiger partial charge in [0.1, 0.15) is 0 Å². The normalized spacial score (nSPS) is 9.75. The van der Waals surface area contributed by atoms with E-state index in [1.165, 1.54) is 0 Å². The summed E-state index contributed by atoms with van der Waals surface area (Å²) < 4.78 is 0.720. The molecule has 1 aromatic heterocycles. The number of aromatic nitrogens is 1. The first-order chi connectivity index (χ1) is 7.74. The fourth-order valence-corrected chi connectivity index (χ4v) is 1.88. The smallest absolute Gasteiger partial charge is 0.0998 e. The summed E-state index contributed by atoms with van der Waals surface area (Å²) in [6.45, 7) is 0. The highest BCUT2D eigenvalue weighted by molar-refractivity contribution is 9.10. The summed E-state index contributed by atoms with van der Waals surface area (Å²) in [7, 11) is 0. The lowest BCUT2D eigenvalue weighted by Crippen LogP contribution is -1.93. The Bertz CT molecular complexity index is 573. The second-order valence-electron chi connectivity index (χ2n) is 3.22. The van der Waals surface area contributed by atoms with Crippen LogP contribution in [0.25, 0.3) is 11.3 Å². The number of pyridine rings is 1. The average Bonchev–Trinajstić information content (AvgIpc) is 2.33. The van der Waals surface area contributed by atoms with Crippen molar-refractivity contribution in [3.05, 3.63) is 46.6 Å². The van der Waals surface area contributed by atoms with Gasteiger partial charge in [-0.1, -0.05) is 18.2 Å². The molecule has 4 heteroatoms. The van der Waals surface area contributed by atoms with Crippen LogP contribution in [0.5, 0.6) is 0 Å². The standard InChI is InChI=1S/C12H8BrN3/c13-11-10(15)5-6-16-12(11)9-4-2-1-3-8(9)7-14/h1-6H,(H2,15,16). The van der Waals surface area contributed by atoms with E-state index in [1.54, 1.807) is 18.3 Å². The second-order valence-corrected chi connectivity index (χ2v) is 4.01. The lowest BCUT2D eigenvalue weighted by atomic mass is 10.0. The number of hydrogen-bond acceptors (Lipinski definition) is 3. The highest BCUT2D eigenvalue weighted by Gasteiger charge is 2.10. The van der Waals surface area contributed by atoms with Gasteiger partial charge in [0.05, 0.1) is 21.8 Å². The van der Waals surface area contributed by atoms with Crippen molar-refractivity contribution in [2.24, 2.45) is 0 Å². The minimum Gasteiger partial charge on any atom is -0.398 e. The van der Waals surface area contributed by atoms with Gasteiger partial charge in [-0.05, 0) is 28.1 Å². The molecular formula is C12H8BrN3. The number of anilines is 1. The van der Waals surface area contributed by atoms with E-state index in [2.05, 4.69) is 27.0 Å². The van der Waals surface area contributed by atoms with Crippen molar-refractivity contribution in [1.82, 2.24) is 4.98 Å². The highest BCUT2D eigenvalue weighted by Crippen LogP contribution is 2.31. The molecule has 0 aliphatic carbocycles. The number of nitrogen functional groups attached to an aromatic ring is 1. The highest BCUT2D eigenvalue weighted by atomic mass is 79.9. The Kier molecular flexibility index (Phi) is 2.88. The second kappa shape index (κ2) is 4.33. The SMILES string of the molecule is N#Cc1ccccc1-c1nccc(N)c1Br. The Balaban J connectivity index is 2.69. The minimum atomic E-state index is 0.585. The fraction of sp³-hybridized carbons (Fsp3) is 0. The molecule has 3 nitrogen and oxygen atoms in total. The Morgan fingerprint density at radius 2 is 2.00 bits per heavy atom. The molecule has 0 saturated carbocycles. The number of halogens is 1. The summed E-state index contributed by atoms with van der Waals surface area (Å²) in [5, 5.41) is 9.02. The number of hydrogen-bond donors (Lipinski definition) is 1. The summed E-state index contributed by atoms with van der Waals surface area (Å²) in [6.07, 6.45) is 1.63. The number of nitriles is 1. The van der Waals surface area contributed by atoms with Gasteiger partial charge in [-0.25, -0.2) is 0 Å². The first-order valence-corrected chi connectivity index (χ1v) is 5.43. The van der Waals surface area contributed by atoms with E-state index in [0.717, 1.165) is 10.0 Å². The number of nitrogens with two attached hydrogens (primary N) is 1. The van der Waals surface area contributed by atoms with Crippen molar-refractivity contribution in [3.63, 3.8) is 0 Å². The third-order valence-corrected chi connectivity index (χ3v) is 3.06. The van der Waals surface area contributed by atoms with Gasteiger partial charge in [0, 0.05) is 17.4 Å². The van der Waals surface area contributed by atoms with Crippen molar-refractivity contribution in [2.45, 2.75) is 0 Å². The predicted molar refractivity (Wildman–Crippen MR) is 66.5 cm³/mol. The third-order valence-electron chi connectivity index (χ3n) is 2.22. The first kappa shape index (κ1) is 10.7. The molecular weight excluding hydrogens is 266 g/mol. The maximum Gasteiger partial charge on any atom is 0.0998 e. The molecule has 78 valence electrons. The van der Waals surface area contributed by atoms with E-state index in [9.17, 15) is 0 Å². The quantitative estimate of drug-likeness (QED) is 0.869. The zero-order valence-electron chi connectivity index (χ0n) is 8.31. The van der Waals surface area contributed by atoms with E-state index in [4.69, 9.17) is 11.0 Å². The first-order valence-electron chi connectivity index (χ1n) is 4.63. The van der Waals surface area contributed by atoms with Crippen LogP contribution >= 0.6 is 15.9 Å². The van der Waals surface area contributed by atoms with Gasteiger partial charge in [0.2, 0.25) is 0 Å². The lowest BCUT2D eigenvalue weighted by Gasteiger charge is -2.07. The maximum atomic E-state index is 9.02. The van der Waals surface area contributed by atoms with E-state index in [0.29, 0.717) is 16.9 Å². The van der Waals surface area contributed by atoms with Crippen LogP contribution in [0, 0.1) is 11.3 Å². The molecule has 0 saturated heterocycles. The molecule has 1 heterocycles. The van der Waals surface area contributed by atoms with Gasteiger partial charge in [-0.15, -0.1) is 0 Å². The van der Waals surface area contributed by atoms with Gasteiger partial charge in [-0.3, -0.25) is 4.98 Å². The summed E-state index contributed by atoms with van der Waals surface area (Å²) in [5.41, 5.74) is 8.45. The number of rotatable bonds is 1. The minimum absolute atomic E-state index is 0.585. The van der Waals surface area contributed by atoms with Crippen LogP contribution in [-0.2, 0) is 0 Å². The Hall–Kier alpha value is -1.86. The van der Waals surface area contributed by atoms with Gasteiger partial charge >= 0.3 is 0 Å². The van der Waals surface area contributed by atoms with Gasteiger partial charge in [0.25, 0.3) is 0 Å². The van der Waals surface area contributed by atoms with Crippen LogP contribution in [0.4, 0.5) is 5.69 Å². The average molecular weight is 274 g/mol. The summed E-state index contributed by atoms with van der Waals surface area (Å²) in [6, 6.07) is 11.1. The van der Waals surface area contributed by atoms with Crippen LogP contribution in [0.3, 0.4) is 0 Å². The summed E-state index contributed by atoms with van der Waals surface area (Å²) >= 11 is 3.38. The van der Waals surface area contributed by atoms with Crippen LogP contribution in [0.15, 0.2) is 41.0 Å². The topological polar surface area (TPSA) is 62.7 Å². The molecule has 2 aromatic rings. The van der Waals surface area contributed by atoms with Gasteiger partial charge in [0.15, 0.2) is 0 Å². The Morgan fingerprint density at radius 3 is 2.75 bits per heavy atom. The zero-order valence-corrected chi connectivity index (χ0v) is 9.90. The van der Waals surface area contributed by atoms with Crippen LogP contribution < -0.4 is 5.73 Å². The summed E-state index contributed by atoms with van der Waals surface area (Å²) in [5.74, 6) is 0. The molecule has 0 aliphatic heterocycles. The van der Waals surface area contributed by atoms with E-state index < -0.39 is 0 Å². The molecule has 0 amide bonds. The maximum absolute atomic E-state index is 9.02. The van der Waals surface area contributed by atoms with Gasteiger partial charge in [-0.2, -0.15) is 5.26 Å². The molecule has 0 radical (unpaired) electrons. The molecule has 0 bridgehead atoms. The number of benzene rings is 1. The molecule has 0 aliphatic rings. The summed E-state index contributed by atoms with van der Waals surface area (Å²) in [4.78, 5) is 4.24. The van der Waals surface area contributed by atoms with Crippen molar-refractivity contribution in [2.75, 3.05) is 5.73 Å². The van der Waals surface area contributed by atoms with E-state index in [-0.39, 0.29) is 0 Å². The largest absolute Gasteiger partial charge is 0.398 e. The van der Waals surface area contributed by atoms with Crippen molar-refractivity contribution < 1.29 is 0 Å². The fourth-order valence-electron chi connectivity index (χ4n) is 1.43. The third kappa shape index (κ3) is 1.77. The zero-order chi connectivity index (χ0) is 11.5. The van der Waals surface area contributed by atoms with E-state index >= 15 is 0 Å². The van der Waals surface area contributed by atoms with Crippen molar-refractivity contribution in [3.8, 4) is 17.3 Å². The molecule has 0 spiro atoms. The molecule has 1 aromatic carbocycles. The monoisotopic (exact) mass is 273 g/mol. The molecule has 2 N–H and O–H groups in total. The molecule has 16 heavy (non-hydrogen) atoms. The van der Waals surface area contributed by atoms with Crippen LogP contribution in [0.2, 0.25) is 0 Å².